The number of carbonyl (C=O) groups excluding carboxylic acids is 1. The van der Waals surface area contributed by atoms with Crippen LogP contribution in [0.25, 0.3) is 11.3 Å². The Balaban J connectivity index is 1.76. The van der Waals surface area contributed by atoms with Crippen LogP contribution < -0.4 is 5.32 Å². The maximum Gasteiger partial charge on any atom is 0.256 e. The lowest BCUT2D eigenvalue weighted by Crippen LogP contribution is -2.14. The molecule has 0 radical (unpaired) electrons. The summed E-state index contributed by atoms with van der Waals surface area (Å²) in [7, 11) is -3.48. The summed E-state index contributed by atoms with van der Waals surface area (Å²) in [5.41, 5.74) is 2.92. The van der Waals surface area contributed by atoms with Crippen molar-refractivity contribution in [3.8, 4) is 17.3 Å². The second kappa shape index (κ2) is 9.33. The lowest BCUT2D eigenvalue weighted by atomic mass is 10.1. The molecule has 0 fully saturated rings. The van der Waals surface area contributed by atoms with Gasteiger partial charge < -0.3 is 5.32 Å². The zero-order valence-corrected chi connectivity index (χ0v) is 17.2. The Morgan fingerprint density at radius 1 is 1.17 bits per heavy atom. The quantitative estimate of drug-likeness (QED) is 0.535. The number of pyridine rings is 1. The number of benzene rings is 1. The number of nitrogens with zero attached hydrogens (tertiary/aromatic N) is 3. The van der Waals surface area contributed by atoms with Crippen LogP contribution in [0.1, 0.15) is 35.7 Å². The van der Waals surface area contributed by atoms with Crippen molar-refractivity contribution in [2.45, 2.75) is 31.1 Å². The van der Waals surface area contributed by atoms with Gasteiger partial charge in [0.15, 0.2) is 15.7 Å². The number of nitriles is 1. The van der Waals surface area contributed by atoms with Crippen LogP contribution in [0.15, 0.2) is 53.7 Å². The first-order valence-corrected chi connectivity index (χ1v) is 11.1. The van der Waals surface area contributed by atoms with Gasteiger partial charge >= 0.3 is 0 Å². The van der Waals surface area contributed by atoms with Gasteiger partial charge in [-0.15, -0.1) is 0 Å². The summed E-state index contributed by atoms with van der Waals surface area (Å²) < 4.78 is 24.5. The molecule has 30 heavy (non-hydrogen) atoms. The summed E-state index contributed by atoms with van der Waals surface area (Å²) in [6.45, 7) is 1.97. The number of hydrogen-bond acceptors (Lipinski definition) is 6. The van der Waals surface area contributed by atoms with Crippen LogP contribution in [0.2, 0.25) is 0 Å². The molecular formula is C21H21N5O3S. The Labute approximate surface area is 174 Å². The van der Waals surface area contributed by atoms with Crippen LogP contribution in [0.5, 0.6) is 0 Å². The van der Waals surface area contributed by atoms with E-state index in [4.69, 9.17) is 5.26 Å². The molecule has 9 heteroatoms. The van der Waals surface area contributed by atoms with Crippen LogP contribution in [-0.4, -0.2) is 35.3 Å². The average Bonchev–Trinajstić information content (AvgIpc) is 3.17. The molecule has 3 aromatic rings. The molecular weight excluding hydrogens is 402 g/mol. The first kappa shape index (κ1) is 21.2. The maximum atomic E-state index is 12.6. The lowest BCUT2D eigenvalue weighted by Gasteiger charge is -2.07. The van der Waals surface area contributed by atoms with Gasteiger partial charge in [-0.2, -0.15) is 10.4 Å². The van der Waals surface area contributed by atoms with Gasteiger partial charge in [0, 0.05) is 35.5 Å². The Morgan fingerprint density at radius 2 is 1.87 bits per heavy atom. The summed E-state index contributed by atoms with van der Waals surface area (Å²) >= 11 is 0. The van der Waals surface area contributed by atoms with E-state index in [-0.39, 0.29) is 29.4 Å². The third-order valence-corrected chi connectivity index (χ3v) is 6.42. The van der Waals surface area contributed by atoms with Gasteiger partial charge in [0.2, 0.25) is 0 Å². The fourth-order valence-electron chi connectivity index (χ4n) is 3.02. The van der Waals surface area contributed by atoms with Crippen LogP contribution in [0.3, 0.4) is 0 Å². The molecule has 0 bridgehead atoms. The number of carbonyl (C=O) groups is 1. The number of aromatic amines is 1. The lowest BCUT2D eigenvalue weighted by molar-refractivity contribution is 0.102. The molecule has 2 aromatic heterocycles. The predicted molar refractivity (Wildman–Crippen MR) is 112 cm³/mol. The van der Waals surface area contributed by atoms with E-state index in [0.29, 0.717) is 17.8 Å². The molecule has 2 N–H and O–H groups in total. The minimum atomic E-state index is -3.48. The average molecular weight is 423 g/mol. The van der Waals surface area contributed by atoms with E-state index in [1.165, 1.54) is 24.3 Å². The van der Waals surface area contributed by atoms with Crippen LogP contribution in [-0.2, 0) is 16.3 Å². The van der Waals surface area contributed by atoms with E-state index in [1.807, 2.05) is 25.1 Å². The highest BCUT2D eigenvalue weighted by Crippen LogP contribution is 2.27. The normalized spacial score (nSPS) is 11.1. The van der Waals surface area contributed by atoms with Crippen molar-refractivity contribution in [3.63, 3.8) is 0 Å². The molecule has 1 amide bonds. The Hall–Kier alpha value is -3.51. The van der Waals surface area contributed by atoms with Crippen LogP contribution in [0, 0.1) is 11.3 Å². The second-order valence-corrected chi connectivity index (χ2v) is 8.68. The molecule has 3 rings (SSSR count). The van der Waals surface area contributed by atoms with Crippen molar-refractivity contribution < 1.29 is 13.2 Å². The number of amides is 1. The van der Waals surface area contributed by atoms with Crippen molar-refractivity contribution in [1.82, 2.24) is 15.2 Å². The molecule has 0 spiro atoms. The number of nitrogens with one attached hydrogen (secondary N) is 2. The summed E-state index contributed by atoms with van der Waals surface area (Å²) in [6.07, 6.45) is 4.49. The third kappa shape index (κ3) is 4.72. The van der Waals surface area contributed by atoms with Gasteiger partial charge in [-0.05, 0) is 49.2 Å². The third-order valence-electron chi connectivity index (χ3n) is 4.60. The summed E-state index contributed by atoms with van der Waals surface area (Å²) in [5.74, 6) is -0.0507. The van der Waals surface area contributed by atoms with E-state index in [2.05, 4.69) is 20.5 Å². The number of H-pyrrole nitrogens is 1. The molecule has 0 aliphatic heterocycles. The summed E-state index contributed by atoms with van der Waals surface area (Å²) in [5, 5.41) is 18.5. The molecule has 0 unspecified atom stereocenters. The molecule has 0 saturated heterocycles. The van der Waals surface area contributed by atoms with E-state index >= 15 is 0 Å². The van der Waals surface area contributed by atoms with Gasteiger partial charge in [-0.25, -0.2) is 8.42 Å². The van der Waals surface area contributed by atoms with E-state index < -0.39 is 9.84 Å². The van der Waals surface area contributed by atoms with E-state index in [0.717, 1.165) is 16.8 Å². The van der Waals surface area contributed by atoms with Crippen molar-refractivity contribution in [1.29, 1.82) is 5.26 Å². The number of unbranched alkanes of at least 4 members (excludes halogenated alkanes) is 1. The van der Waals surface area contributed by atoms with Crippen molar-refractivity contribution >= 4 is 21.6 Å². The Kier molecular flexibility index (Phi) is 6.59. The molecule has 0 atom stereocenters. The fraction of sp³-hybridized carbons (Fsp3) is 0.238. The predicted octanol–water partition coefficient (Wildman–Crippen LogP) is 3.36. The fourth-order valence-corrected chi connectivity index (χ4v) is 4.33. The number of sulfone groups is 1. The van der Waals surface area contributed by atoms with Gasteiger partial charge in [-0.3, -0.25) is 14.9 Å². The molecule has 154 valence electrons. The van der Waals surface area contributed by atoms with Gasteiger partial charge in [0.25, 0.3) is 5.91 Å². The molecule has 0 saturated carbocycles. The van der Waals surface area contributed by atoms with E-state index in [9.17, 15) is 13.2 Å². The number of rotatable bonds is 8. The molecule has 8 nitrogen and oxygen atoms in total. The number of hydrogen-bond donors (Lipinski definition) is 2. The van der Waals surface area contributed by atoms with Crippen LogP contribution in [0.4, 0.5) is 5.82 Å². The van der Waals surface area contributed by atoms with Crippen LogP contribution >= 0.6 is 0 Å². The van der Waals surface area contributed by atoms with Crippen molar-refractivity contribution in [2.24, 2.45) is 0 Å². The van der Waals surface area contributed by atoms with E-state index in [1.54, 1.807) is 12.4 Å². The van der Waals surface area contributed by atoms with Gasteiger partial charge in [0.05, 0.1) is 22.4 Å². The maximum absolute atomic E-state index is 12.6. The first-order valence-electron chi connectivity index (χ1n) is 9.45. The summed E-state index contributed by atoms with van der Waals surface area (Å²) in [4.78, 5) is 16.8. The number of aromatic nitrogens is 3. The zero-order chi connectivity index (χ0) is 21.6. The SMILES string of the molecule is CCc1c(NC(=O)c2ccc(S(=O)(=O)CCCC#N)cc2)n[nH]c1-c1ccncc1. The second-order valence-electron chi connectivity index (χ2n) is 6.57. The molecule has 0 aliphatic carbocycles. The van der Waals surface area contributed by atoms with Crippen molar-refractivity contribution in [3.05, 3.63) is 59.9 Å². The molecule has 1 aromatic carbocycles. The Morgan fingerprint density at radius 3 is 2.50 bits per heavy atom. The highest BCUT2D eigenvalue weighted by molar-refractivity contribution is 7.91. The molecule has 0 aliphatic rings. The van der Waals surface area contributed by atoms with Crippen molar-refractivity contribution in [2.75, 3.05) is 11.1 Å². The minimum Gasteiger partial charge on any atom is -0.305 e. The highest BCUT2D eigenvalue weighted by atomic mass is 32.2. The number of anilines is 1. The van der Waals surface area contributed by atoms with Gasteiger partial charge in [-0.1, -0.05) is 6.92 Å². The largest absolute Gasteiger partial charge is 0.305 e. The monoisotopic (exact) mass is 423 g/mol. The minimum absolute atomic E-state index is 0.100. The summed E-state index contributed by atoms with van der Waals surface area (Å²) in [6, 6.07) is 11.4. The topological polar surface area (TPSA) is 129 Å². The van der Waals surface area contributed by atoms with Gasteiger partial charge in [0.1, 0.15) is 0 Å². The Bertz CT molecular complexity index is 1160. The zero-order valence-electron chi connectivity index (χ0n) is 16.4. The smallest absolute Gasteiger partial charge is 0.256 e. The standard InChI is InChI=1S/C21H21N5O3S/c1-2-18-19(15-9-12-23-13-10-15)25-26-20(18)24-21(27)16-5-7-17(8-6-16)30(28,29)14-4-3-11-22/h5-10,12-13H,2-4,14H2,1H3,(H2,24,25,26,27). The highest BCUT2D eigenvalue weighted by Gasteiger charge is 2.18. The first-order chi connectivity index (χ1) is 14.5. The molecule has 2 heterocycles.